The van der Waals surface area contributed by atoms with Gasteiger partial charge in [0.15, 0.2) is 8.32 Å². The summed E-state index contributed by atoms with van der Waals surface area (Å²) in [5.41, 5.74) is 1.17. The van der Waals surface area contributed by atoms with Crippen LogP contribution in [0.25, 0.3) is 0 Å². The standard InChI is InChI=1S/C23H33NO4SSi/c1-14-18-17(15(2)28-30(6,7)23(3,4)5)21(25)24(18)19(22(26)27)20(14)29-13-16-11-9-8-10-12-16/h8-12,14-15,17-18H,13H2,1-7H3,(H,26,27)/p-1/t14-,15-,17-,18-/m1/s1. The summed E-state index contributed by atoms with van der Waals surface area (Å²) in [6, 6.07) is 9.75. The van der Waals surface area contributed by atoms with E-state index in [4.69, 9.17) is 4.43 Å². The fourth-order valence-electron chi connectivity index (χ4n) is 4.14. The van der Waals surface area contributed by atoms with Crippen molar-refractivity contribution in [2.75, 3.05) is 0 Å². The van der Waals surface area contributed by atoms with Crippen LogP contribution in [0.1, 0.15) is 40.2 Å². The van der Waals surface area contributed by atoms with Gasteiger partial charge < -0.3 is 19.2 Å². The molecule has 1 aromatic rings. The third-order valence-corrected chi connectivity index (χ3v) is 12.7. The van der Waals surface area contributed by atoms with Gasteiger partial charge in [-0.05, 0) is 30.6 Å². The number of hydrogen-bond acceptors (Lipinski definition) is 5. The van der Waals surface area contributed by atoms with Crippen LogP contribution in [0.2, 0.25) is 18.1 Å². The lowest BCUT2D eigenvalue weighted by Gasteiger charge is -2.50. The zero-order valence-electron chi connectivity index (χ0n) is 18.9. The molecule has 5 nitrogen and oxygen atoms in total. The Morgan fingerprint density at radius 1 is 1.27 bits per heavy atom. The smallest absolute Gasteiger partial charge is 0.235 e. The summed E-state index contributed by atoms with van der Waals surface area (Å²) in [7, 11) is -2.04. The molecular formula is C23H32NO4SSi-. The Hall–Kier alpha value is -1.57. The van der Waals surface area contributed by atoms with Gasteiger partial charge in [-0.25, -0.2) is 0 Å². The fourth-order valence-corrected chi connectivity index (χ4v) is 6.81. The van der Waals surface area contributed by atoms with Crippen LogP contribution in [0.5, 0.6) is 0 Å². The van der Waals surface area contributed by atoms with Crippen molar-refractivity contribution in [3.05, 3.63) is 46.5 Å². The van der Waals surface area contributed by atoms with Crippen LogP contribution in [0.15, 0.2) is 40.9 Å². The van der Waals surface area contributed by atoms with E-state index in [1.54, 1.807) is 0 Å². The second-order valence-electron chi connectivity index (χ2n) is 9.87. The molecule has 4 atom stereocenters. The first-order valence-electron chi connectivity index (χ1n) is 10.5. The number of hydrogen-bond donors (Lipinski definition) is 0. The minimum Gasteiger partial charge on any atom is -0.543 e. The number of carbonyl (C=O) groups is 2. The number of carboxylic acids is 1. The van der Waals surface area contributed by atoms with Crippen molar-refractivity contribution in [1.82, 2.24) is 4.90 Å². The highest BCUT2D eigenvalue weighted by molar-refractivity contribution is 8.02. The molecule has 7 heteroatoms. The van der Waals surface area contributed by atoms with Crippen LogP contribution in [0.3, 0.4) is 0 Å². The van der Waals surface area contributed by atoms with Crippen molar-refractivity contribution in [3.63, 3.8) is 0 Å². The Bertz CT molecular complexity index is 862. The summed E-state index contributed by atoms with van der Waals surface area (Å²) in [6.07, 6.45) is -0.247. The molecule has 0 aliphatic carbocycles. The zero-order chi connectivity index (χ0) is 22.4. The third-order valence-electron chi connectivity index (χ3n) is 6.81. The highest BCUT2D eigenvalue weighted by Crippen LogP contribution is 2.52. The molecule has 2 heterocycles. The van der Waals surface area contributed by atoms with Crippen LogP contribution in [-0.2, 0) is 19.8 Å². The number of carbonyl (C=O) groups excluding carboxylic acids is 2. The summed E-state index contributed by atoms with van der Waals surface area (Å²) in [6.45, 7) is 14.8. The Morgan fingerprint density at radius 2 is 1.87 bits per heavy atom. The first-order chi connectivity index (χ1) is 13.9. The number of β-lactam (4-membered cyclic amide) rings is 1. The normalized spacial score (nSPS) is 25.2. The molecule has 30 heavy (non-hydrogen) atoms. The second kappa shape index (κ2) is 8.17. The van der Waals surface area contributed by atoms with E-state index in [1.807, 2.05) is 44.2 Å². The lowest BCUT2D eigenvalue weighted by atomic mass is 9.79. The average Bonchev–Trinajstić information content (AvgIpc) is 2.88. The van der Waals surface area contributed by atoms with Gasteiger partial charge in [0.2, 0.25) is 5.91 Å². The summed E-state index contributed by atoms with van der Waals surface area (Å²) >= 11 is 1.50. The molecule has 2 aliphatic rings. The Labute approximate surface area is 185 Å². The van der Waals surface area contributed by atoms with E-state index in [2.05, 4.69) is 33.9 Å². The number of aliphatic carboxylic acids is 1. The maximum atomic E-state index is 13.0. The third kappa shape index (κ3) is 3.99. The SMILES string of the molecule is C[C@@H](O[Si](C)(C)C(C)(C)C)[C@H]1C(=O)N2C(C(=O)[O-])=C(SCc3ccccc3)[C@H](C)[C@H]12. The number of nitrogens with zero attached hydrogens (tertiary/aromatic N) is 1. The van der Waals surface area contributed by atoms with Crippen LogP contribution in [0, 0.1) is 11.8 Å². The van der Waals surface area contributed by atoms with E-state index in [9.17, 15) is 14.7 Å². The van der Waals surface area contributed by atoms with Crippen molar-refractivity contribution < 1.29 is 19.1 Å². The van der Waals surface area contributed by atoms with Crippen LogP contribution < -0.4 is 5.11 Å². The molecule has 0 saturated carbocycles. The van der Waals surface area contributed by atoms with Crippen LogP contribution in [0.4, 0.5) is 0 Å². The van der Waals surface area contributed by atoms with Gasteiger partial charge in [-0.3, -0.25) is 4.79 Å². The Kier molecular flexibility index (Phi) is 6.29. The van der Waals surface area contributed by atoms with E-state index < -0.39 is 14.3 Å². The van der Waals surface area contributed by atoms with Crippen LogP contribution in [-0.4, -0.2) is 37.2 Å². The quantitative estimate of drug-likeness (QED) is 0.471. The van der Waals surface area contributed by atoms with E-state index in [1.165, 1.54) is 16.7 Å². The molecule has 1 fully saturated rings. The van der Waals surface area contributed by atoms with Gasteiger partial charge in [0.1, 0.15) is 0 Å². The van der Waals surface area contributed by atoms with Gasteiger partial charge in [-0.2, -0.15) is 0 Å². The number of fused-ring (bicyclic) bond motifs is 1. The second-order valence-corrected chi connectivity index (χ2v) is 15.6. The highest BCUT2D eigenvalue weighted by atomic mass is 32.2. The predicted octanol–water partition coefficient (Wildman–Crippen LogP) is 3.77. The van der Waals surface area contributed by atoms with E-state index in [-0.39, 0.29) is 40.6 Å². The molecule has 1 saturated heterocycles. The molecule has 1 aromatic carbocycles. The maximum Gasteiger partial charge on any atom is 0.235 e. The maximum absolute atomic E-state index is 13.0. The van der Waals surface area contributed by atoms with Crippen molar-refractivity contribution in [2.45, 2.75) is 70.6 Å². The molecule has 1 amide bonds. The van der Waals surface area contributed by atoms with Crippen molar-refractivity contribution in [1.29, 1.82) is 0 Å². The molecule has 0 N–H and O–H groups in total. The van der Waals surface area contributed by atoms with Gasteiger partial charge >= 0.3 is 0 Å². The molecule has 0 bridgehead atoms. The van der Waals surface area contributed by atoms with Crippen molar-refractivity contribution >= 4 is 32.0 Å². The fraction of sp³-hybridized carbons (Fsp3) is 0.565. The van der Waals surface area contributed by atoms with Crippen molar-refractivity contribution in [2.24, 2.45) is 11.8 Å². The van der Waals surface area contributed by atoms with Gasteiger partial charge in [0.05, 0.1) is 29.7 Å². The van der Waals surface area contributed by atoms with Gasteiger partial charge in [0, 0.05) is 16.6 Å². The summed E-state index contributed by atoms with van der Waals surface area (Å²) in [4.78, 5) is 27.2. The molecule has 164 valence electrons. The van der Waals surface area contributed by atoms with E-state index >= 15 is 0 Å². The molecule has 0 aromatic heterocycles. The molecule has 3 rings (SSSR count). The first kappa shape index (κ1) is 23.1. The minimum absolute atomic E-state index is 0.0418. The summed E-state index contributed by atoms with van der Waals surface area (Å²) in [5.74, 6) is -1.15. The van der Waals surface area contributed by atoms with Gasteiger partial charge in [-0.1, -0.05) is 58.0 Å². The Morgan fingerprint density at radius 3 is 2.40 bits per heavy atom. The largest absolute Gasteiger partial charge is 0.543 e. The monoisotopic (exact) mass is 446 g/mol. The average molecular weight is 447 g/mol. The van der Waals surface area contributed by atoms with Gasteiger partial charge in [0.25, 0.3) is 0 Å². The summed E-state index contributed by atoms with van der Waals surface area (Å²) < 4.78 is 6.50. The highest BCUT2D eigenvalue weighted by Gasteiger charge is 2.59. The van der Waals surface area contributed by atoms with Gasteiger partial charge in [-0.15, -0.1) is 11.8 Å². The number of benzene rings is 1. The number of rotatable bonds is 7. The summed E-state index contributed by atoms with van der Waals surface area (Å²) in [5, 5.41) is 12.0. The molecular weight excluding hydrogens is 414 g/mol. The lowest BCUT2D eigenvalue weighted by molar-refractivity contribution is -0.301. The lowest BCUT2D eigenvalue weighted by Crippen LogP contribution is -2.65. The molecule has 0 unspecified atom stereocenters. The topological polar surface area (TPSA) is 69.7 Å². The Balaban J connectivity index is 1.80. The zero-order valence-corrected chi connectivity index (χ0v) is 20.7. The van der Waals surface area contributed by atoms with E-state index in [0.717, 1.165) is 10.5 Å². The predicted molar refractivity (Wildman–Crippen MR) is 121 cm³/mol. The van der Waals surface area contributed by atoms with Crippen molar-refractivity contribution in [3.8, 4) is 0 Å². The first-order valence-corrected chi connectivity index (χ1v) is 14.4. The molecule has 2 aliphatic heterocycles. The van der Waals surface area contributed by atoms with E-state index in [0.29, 0.717) is 5.75 Å². The number of amides is 1. The van der Waals surface area contributed by atoms with Crippen LogP contribution >= 0.6 is 11.8 Å². The number of thioether (sulfide) groups is 1. The minimum atomic E-state index is -2.04. The molecule has 0 radical (unpaired) electrons. The number of carboxylic acid groups (broad SMARTS) is 1. The molecule has 0 spiro atoms.